The predicted molar refractivity (Wildman–Crippen MR) is 93.1 cm³/mol. The van der Waals surface area contributed by atoms with Gasteiger partial charge in [0.05, 0.1) is 6.04 Å². The molecule has 1 aliphatic rings. The maximum atomic E-state index is 12.7. The third-order valence-electron chi connectivity index (χ3n) is 4.51. The van der Waals surface area contributed by atoms with Gasteiger partial charge >= 0.3 is 0 Å². The fourth-order valence-corrected chi connectivity index (χ4v) is 2.91. The van der Waals surface area contributed by atoms with Gasteiger partial charge in [0.25, 0.3) is 0 Å². The molecule has 1 amide bonds. The van der Waals surface area contributed by atoms with Gasteiger partial charge in [-0.3, -0.25) is 9.59 Å². The van der Waals surface area contributed by atoms with E-state index in [0.29, 0.717) is 5.92 Å². The SMILES string of the molecule is CC(C)(C)C(=O)[C@@H](NC(=O)[C@@H]1C[C@@H]1c1ccccc1)C(C)(C)C. The molecule has 1 fully saturated rings. The van der Waals surface area contributed by atoms with Crippen LogP contribution in [0.5, 0.6) is 0 Å². The van der Waals surface area contributed by atoms with Crippen LogP contribution in [0.3, 0.4) is 0 Å². The molecule has 0 saturated heterocycles. The van der Waals surface area contributed by atoms with Crippen LogP contribution in [0.2, 0.25) is 0 Å². The molecular formula is C20H29NO2. The summed E-state index contributed by atoms with van der Waals surface area (Å²) in [5, 5.41) is 3.04. The number of ketones is 1. The Bertz CT molecular complexity index is 578. The molecule has 0 aliphatic heterocycles. The summed E-state index contributed by atoms with van der Waals surface area (Å²) in [6.45, 7) is 11.7. The van der Waals surface area contributed by atoms with Gasteiger partial charge in [-0.25, -0.2) is 0 Å². The molecule has 2 rings (SSSR count). The largest absolute Gasteiger partial charge is 0.345 e. The Kier molecular flexibility index (Phi) is 4.70. The van der Waals surface area contributed by atoms with E-state index in [4.69, 9.17) is 0 Å². The monoisotopic (exact) mass is 315 g/mol. The van der Waals surface area contributed by atoms with Crippen LogP contribution in [0, 0.1) is 16.7 Å². The fourth-order valence-electron chi connectivity index (χ4n) is 2.91. The van der Waals surface area contributed by atoms with Crippen molar-refractivity contribution in [2.45, 2.75) is 59.9 Å². The molecule has 1 N–H and O–H groups in total. The van der Waals surface area contributed by atoms with Crippen LogP contribution in [-0.4, -0.2) is 17.7 Å². The fraction of sp³-hybridized carbons (Fsp3) is 0.600. The zero-order valence-corrected chi connectivity index (χ0v) is 15.1. The topological polar surface area (TPSA) is 46.2 Å². The number of hydrogen-bond donors (Lipinski definition) is 1. The highest BCUT2D eigenvalue weighted by atomic mass is 16.2. The van der Waals surface area contributed by atoms with E-state index < -0.39 is 11.5 Å². The van der Waals surface area contributed by atoms with E-state index in [1.54, 1.807) is 0 Å². The summed E-state index contributed by atoms with van der Waals surface area (Å²) in [7, 11) is 0. The van der Waals surface area contributed by atoms with Crippen molar-refractivity contribution < 1.29 is 9.59 Å². The molecule has 1 aromatic carbocycles. The highest BCUT2D eigenvalue weighted by Crippen LogP contribution is 2.47. The number of carbonyl (C=O) groups is 2. The lowest BCUT2D eigenvalue weighted by Gasteiger charge is -2.34. The zero-order valence-electron chi connectivity index (χ0n) is 15.1. The molecule has 3 heteroatoms. The highest BCUT2D eigenvalue weighted by molar-refractivity contribution is 5.94. The highest BCUT2D eigenvalue weighted by Gasteiger charge is 2.46. The predicted octanol–water partition coefficient (Wildman–Crippen LogP) is 3.94. The van der Waals surface area contributed by atoms with Crippen molar-refractivity contribution in [1.82, 2.24) is 5.32 Å². The second-order valence-electron chi connectivity index (χ2n) is 8.78. The van der Waals surface area contributed by atoms with Crippen LogP contribution in [0.4, 0.5) is 0 Å². The summed E-state index contributed by atoms with van der Waals surface area (Å²) in [5.41, 5.74) is 0.451. The lowest BCUT2D eigenvalue weighted by Crippen LogP contribution is -2.53. The van der Waals surface area contributed by atoms with Gasteiger partial charge in [0.15, 0.2) is 5.78 Å². The minimum Gasteiger partial charge on any atom is -0.345 e. The lowest BCUT2D eigenvalue weighted by molar-refractivity contribution is -0.135. The number of hydrogen-bond acceptors (Lipinski definition) is 2. The Labute approximate surface area is 139 Å². The standard InChI is InChI=1S/C20H29NO2/c1-19(2,3)16(17(22)20(4,5)6)21-18(23)15-12-14(15)13-10-8-7-9-11-13/h7-11,14-16H,12H2,1-6H3,(H,21,23)/t14-,15-,16-/m1/s1. The van der Waals surface area contributed by atoms with Gasteiger partial charge in [-0.2, -0.15) is 0 Å². The van der Waals surface area contributed by atoms with Crippen molar-refractivity contribution in [2.24, 2.45) is 16.7 Å². The molecule has 1 saturated carbocycles. The quantitative estimate of drug-likeness (QED) is 0.915. The van der Waals surface area contributed by atoms with E-state index >= 15 is 0 Å². The Balaban J connectivity index is 2.07. The van der Waals surface area contributed by atoms with Crippen molar-refractivity contribution in [1.29, 1.82) is 0 Å². The first-order valence-electron chi connectivity index (χ1n) is 8.41. The molecule has 126 valence electrons. The third-order valence-corrected chi connectivity index (χ3v) is 4.51. The van der Waals surface area contributed by atoms with E-state index in [-0.39, 0.29) is 23.0 Å². The van der Waals surface area contributed by atoms with Crippen molar-refractivity contribution in [3.63, 3.8) is 0 Å². The molecule has 0 aromatic heterocycles. The first-order valence-corrected chi connectivity index (χ1v) is 8.41. The maximum Gasteiger partial charge on any atom is 0.224 e. The molecule has 23 heavy (non-hydrogen) atoms. The average Bonchev–Trinajstić information content (AvgIpc) is 3.23. The number of amides is 1. The molecule has 0 spiro atoms. The van der Waals surface area contributed by atoms with Crippen LogP contribution in [0.1, 0.15) is 59.4 Å². The van der Waals surface area contributed by atoms with Gasteiger partial charge < -0.3 is 5.32 Å². The van der Waals surface area contributed by atoms with E-state index in [0.717, 1.165) is 6.42 Å². The average molecular weight is 315 g/mol. The maximum absolute atomic E-state index is 12.7. The minimum absolute atomic E-state index is 0.00461. The van der Waals surface area contributed by atoms with Gasteiger partial charge in [-0.05, 0) is 23.3 Å². The Morgan fingerprint density at radius 2 is 1.61 bits per heavy atom. The molecule has 3 nitrogen and oxygen atoms in total. The van der Waals surface area contributed by atoms with Crippen molar-refractivity contribution >= 4 is 11.7 Å². The number of benzene rings is 1. The molecule has 1 aliphatic carbocycles. The summed E-state index contributed by atoms with van der Waals surface area (Å²) >= 11 is 0. The molecule has 0 unspecified atom stereocenters. The molecular weight excluding hydrogens is 286 g/mol. The first-order chi connectivity index (χ1) is 10.5. The van der Waals surface area contributed by atoms with E-state index in [1.165, 1.54) is 5.56 Å². The summed E-state index contributed by atoms with van der Waals surface area (Å²) in [6.07, 6.45) is 0.871. The Morgan fingerprint density at radius 3 is 2.09 bits per heavy atom. The lowest BCUT2D eigenvalue weighted by atomic mass is 9.75. The van der Waals surface area contributed by atoms with Crippen LogP contribution in [0.15, 0.2) is 30.3 Å². The van der Waals surface area contributed by atoms with Crippen LogP contribution in [-0.2, 0) is 9.59 Å². The number of carbonyl (C=O) groups excluding carboxylic acids is 2. The summed E-state index contributed by atoms with van der Waals surface area (Å²) in [5.74, 6) is 0.392. The van der Waals surface area contributed by atoms with Gasteiger partial charge in [0.1, 0.15) is 0 Å². The summed E-state index contributed by atoms with van der Waals surface area (Å²) in [6, 6.07) is 9.68. The number of rotatable bonds is 4. The molecule has 0 bridgehead atoms. The van der Waals surface area contributed by atoms with Crippen LogP contribution >= 0.6 is 0 Å². The minimum atomic E-state index is -0.465. The third kappa shape index (κ3) is 4.21. The summed E-state index contributed by atoms with van der Waals surface area (Å²) in [4.78, 5) is 25.3. The van der Waals surface area contributed by atoms with E-state index in [1.807, 2.05) is 59.7 Å². The van der Waals surface area contributed by atoms with Crippen LogP contribution in [0.25, 0.3) is 0 Å². The van der Waals surface area contributed by atoms with Crippen LogP contribution < -0.4 is 5.32 Å². The number of nitrogens with one attached hydrogen (secondary N) is 1. The normalized spacial score (nSPS) is 22.3. The second-order valence-corrected chi connectivity index (χ2v) is 8.78. The smallest absolute Gasteiger partial charge is 0.224 e. The zero-order chi connectivity index (χ0) is 17.4. The van der Waals surface area contributed by atoms with Gasteiger partial charge in [-0.1, -0.05) is 71.9 Å². The van der Waals surface area contributed by atoms with E-state index in [2.05, 4.69) is 17.4 Å². The summed E-state index contributed by atoms with van der Waals surface area (Å²) < 4.78 is 0. The van der Waals surface area contributed by atoms with Crippen molar-refractivity contribution in [2.75, 3.05) is 0 Å². The van der Waals surface area contributed by atoms with E-state index in [9.17, 15) is 9.59 Å². The van der Waals surface area contributed by atoms with Gasteiger partial charge in [0.2, 0.25) is 5.91 Å². The Hall–Kier alpha value is -1.64. The molecule has 1 aromatic rings. The Morgan fingerprint density at radius 1 is 1.04 bits per heavy atom. The van der Waals surface area contributed by atoms with Gasteiger partial charge in [-0.15, -0.1) is 0 Å². The van der Waals surface area contributed by atoms with Crippen molar-refractivity contribution in [3.05, 3.63) is 35.9 Å². The second kappa shape index (κ2) is 6.10. The molecule has 3 atom stereocenters. The molecule has 0 radical (unpaired) electrons. The van der Waals surface area contributed by atoms with Crippen molar-refractivity contribution in [3.8, 4) is 0 Å². The van der Waals surface area contributed by atoms with Gasteiger partial charge in [0, 0.05) is 11.3 Å². The number of Topliss-reactive ketones (excluding diaryl/α,β-unsaturated/α-hetero) is 1. The first kappa shape index (κ1) is 17.7. The molecule has 0 heterocycles.